The van der Waals surface area contributed by atoms with Gasteiger partial charge in [-0.25, -0.2) is 4.98 Å². The molecule has 2 atom stereocenters. The summed E-state index contributed by atoms with van der Waals surface area (Å²) in [6.45, 7) is 8.17. The van der Waals surface area contributed by atoms with E-state index in [-0.39, 0.29) is 6.04 Å². The molecule has 1 fully saturated rings. The van der Waals surface area contributed by atoms with Crippen LogP contribution in [0.4, 0.5) is 17.5 Å². The first kappa shape index (κ1) is 21.3. The summed E-state index contributed by atoms with van der Waals surface area (Å²) in [4.78, 5) is 14.9. The van der Waals surface area contributed by atoms with Crippen LogP contribution in [0.5, 0.6) is 0 Å². The molecule has 2 aromatic rings. The molecule has 162 valence electrons. The van der Waals surface area contributed by atoms with Crippen LogP contribution in [0.3, 0.4) is 0 Å². The summed E-state index contributed by atoms with van der Waals surface area (Å²) >= 11 is 6.01. The summed E-state index contributed by atoms with van der Waals surface area (Å²) in [6, 6.07) is 8.04. The molecule has 9 heteroatoms. The van der Waals surface area contributed by atoms with E-state index in [1.165, 1.54) is 5.69 Å². The van der Waals surface area contributed by atoms with Crippen molar-refractivity contribution in [3.8, 4) is 0 Å². The maximum atomic E-state index is 12.6. The molecule has 7 nitrogen and oxygen atoms in total. The van der Waals surface area contributed by atoms with Gasteiger partial charge in [-0.3, -0.25) is 4.21 Å². The predicted molar refractivity (Wildman–Crippen MR) is 124 cm³/mol. The van der Waals surface area contributed by atoms with Gasteiger partial charge in [0, 0.05) is 61.6 Å². The van der Waals surface area contributed by atoms with E-state index in [1.54, 1.807) is 0 Å². The van der Waals surface area contributed by atoms with Crippen molar-refractivity contribution in [2.24, 2.45) is 11.7 Å². The van der Waals surface area contributed by atoms with Crippen LogP contribution in [0.15, 0.2) is 29.2 Å². The molecule has 0 aliphatic carbocycles. The van der Waals surface area contributed by atoms with Crippen molar-refractivity contribution < 1.29 is 4.21 Å². The lowest BCUT2D eigenvalue weighted by molar-refractivity contribution is 0.528. The number of aromatic nitrogens is 2. The molecule has 4 rings (SSSR count). The number of piperazine rings is 1. The normalized spacial score (nSPS) is 19.8. The number of fused-ring (bicyclic) bond motifs is 1. The highest BCUT2D eigenvalue weighted by Crippen LogP contribution is 2.31. The van der Waals surface area contributed by atoms with Gasteiger partial charge >= 0.3 is 0 Å². The van der Waals surface area contributed by atoms with Gasteiger partial charge in [0.2, 0.25) is 5.95 Å². The molecule has 0 saturated carbocycles. The highest BCUT2D eigenvalue weighted by atomic mass is 35.5. The Kier molecular flexibility index (Phi) is 6.46. The first-order valence-corrected chi connectivity index (χ1v) is 12.2. The maximum Gasteiger partial charge on any atom is 0.227 e. The Morgan fingerprint density at radius 3 is 2.43 bits per heavy atom. The Bertz CT molecular complexity index is 914. The lowest BCUT2D eigenvalue weighted by Gasteiger charge is -2.36. The lowest BCUT2D eigenvalue weighted by Crippen LogP contribution is -2.47. The van der Waals surface area contributed by atoms with Crippen LogP contribution in [0.2, 0.25) is 5.02 Å². The summed E-state index contributed by atoms with van der Waals surface area (Å²) in [5.41, 5.74) is 8.03. The number of halogens is 1. The second kappa shape index (κ2) is 9.08. The van der Waals surface area contributed by atoms with Crippen molar-refractivity contribution in [1.82, 2.24) is 9.97 Å². The Balaban J connectivity index is 1.54. The van der Waals surface area contributed by atoms with Gasteiger partial charge in [-0.15, -0.1) is 0 Å². The van der Waals surface area contributed by atoms with Crippen LogP contribution < -0.4 is 20.9 Å². The minimum atomic E-state index is -1.05. The third-order valence-corrected chi connectivity index (χ3v) is 7.52. The Morgan fingerprint density at radius 1 is 1.13 bits per heavy atom. The fraction of sp³-hybridized carbons (Fsp3) is 0.524. The van der Waals surface area contributed by atoms with E-state index < -0.39 is 10.8 Å². The van der Waals surface area contributed by atoms with Gasteiger partial charge < -0.3 is 20.9 Å². The van der Waals surface area contributed by atoms with Gasteiger partial charge in [0.1, 0.15) is 10.7 Å². The van der Waals surface area contributed by atoms with E-state index in [0.29, 0.717) is 30.0 Å². The number of anilines is 3. The largest absolute Gasteiger partial charge is 0.368 e. The van der Waals surface area contributed by atoms with Crippen molar-refractivity contribution in [1.29, 1.82) is 0 Å². The summed E-state index contributed by atoms with van der Waals surface area (Å²) in [7, 11) is -1.05. The molecular formula is C21H29ClN6OS. The highest BCUT2D eigenvalue weighted by Gasteiger charge is 2.29. The first-order chi connectivity index (χ1) is 14.5. The summed E-state index contributed by atoms with van der Waals surface area (Å²) in [6.07, 6.45) is 0.728. The molecule has 2 aliphatic rings. The van der Waals surface area contributed by atoms with E-state index in [0.717, 1.165) is 48.2 Å². The SMILES string of the molecule is CC(C)C(CN)Nc1nc(N2CCN(c3ccc(Cl)cc3)CC2)nc2c1[S@](=O)CC2. The third kappa shape index (κ3) is 4.40. The van der Waals surface area contributed by atoms with Crippen LogP contribution >= 0.6 is 11.6 Å². The molecule has 0 amide bonds. The molecule has 0 bridgehead atoms. The van der Waals surface area contributed by atoms with E-state index in [9.17, 15) is 4.21 Å². The van der Waals surface area contributed by atoms with Crippen molar-refractivity contribution in [3.05, 3.63) is 35.0 Å². The van der Waals surface area contributed by atoms with Crippen LogP contribution in [-0.4, -0.2) is 58.7 Å². The summed E-state index contributed by atoms with van der Waals surface area (Å²) in [5.74, 6) is 2.36. The number of aryl methyl sites for hydroxylation is 1. The number of nitrogens with two attached hydrogens (primary N) is 1. The first-order valence-electron chi connectivity index (χ1n) is 10.5. The van der Waals surface area contributed by atoms with Gasteiger partial charge in [0.15, 0.2) is 0 Å². The number of rotatable bonds is 6. The van der Waals surface area contributed by atoms with E-state index in [1.807, 2.05) is 12.1 Å². The third-order valence-electron chi connectivity index (χ3n) is 5.81. The Hall–Kier alpha value is -1.90. The molecule has 1 aromatic heterocycles. The number of nitrogens with one attached hydrogen (secondary N) is 1. The number of benzene rings is 1. The van der Waals surface area contributed by atoms with E-state index >= 15 is 0 Å². The lowest BCUT2D eigenvalue weighted by atomic mass is 10.0. The highest BCUT2D eigenvalue weighted by molar-refractivity contribution is 7.85. The van der Waals surface area contributed by atoms with Gasteiger partial charge in [0.25, 0.3) is 0 Å². The molecule has 30 heavy (non-hydrogen) atoms. The van der Waals surface area contributed by atoms with Crippen molar-refractivity contribution in [3.63, 3.8) is 0 Å². The van der Waals surface area contributed by atoms with Crippen LogP contribution in [0.1, 0.15) is 19.5 Å². The summed E-state index contributed by atoms with van der Waals surface area (Å²) in [5, 5.41) is 4.21. The van der Waals surface area contributed by atoms with Crippen molar-refractivity contribution >= 4 is 39.9 Å². The van der Waals surface area contributed by atoms with Crippen molar-refractivity contribution in [2.45, 2.75) is 31.2 Å². The monoisotopic (exact) mass is 448 g/mol. The maximum absolute atomic E-state index is 12.6. The van der Waals surface area contributed by atoms with Gasteiger partial charge in [-0.1, -0.05) is 25.4 Å². The molecule has 1 aromatic carbocycles. The molecule has 0 radical (unpaired) electrons. The molecule has 1 saturated heterocycles. The zero-order valence-corrected chi connectivity index (χ0v) is 19.0. The topological polar surface area (TPSA) is 87.4 Å². The number of hydrogen-bond acceptors (Lipinski definition) is 7. The second-order valence-electron chi connectivity index (χ2n) is 8.13. The predicted octanol–water partition coefficient (Wildman–Crippen LogP) is 2.52. The van der Waals surface area contributed by atoms with Crippen LogP contribution in [-0.2, 0) is 17.2 Å². The Labute approximate surface area is 185 Å². The quantitative estimate of drug-likeness (QED) is 0.701. The minimum absolute atomic E-state index is 0.0798. The van der Waals surface area contributed by atoms with Crippen LogP contribution in [0, 0.1) is 5.92 Å². The zero-order valence-electron chi connectivity index (χ0n) is 17.5. The van der Waals surface area contributed by atoms with Crippen molar-refractivity contribution in [2.75, 3.05) is 53.6 Å². The Morgan fingerprint density at radius 2 is 1.80 bits per heavy atom. The standard InChI is InChI=1S/C21H29ClN6OS/c1-14(2)18(13-23)24-20-19-17(7-12-30(19)29)25-21(26-20)28-10-8-27(9-11-28)16-5-3-15(22)4-6-16/h3-6,14,18H,7-13,23H2,1-2H3,(H,24,25,26)/t18?,30-/m1/s1. The average molecular weight is 449 g/mol. The minimum Gasteiger partial charge on any atom is -0.368 e. The number of hydrogen-bond donors (Lipinski definition) is 2. The molecule has 0 spiro atoms. The fourth-order valence-electron chi connectivity index (χ4n) is 3.91. The van der Waals surface area contributed by atoms with Crippen LogP contribution in [0.25, 0.3) is 0 Å². The van der Waals surface area contributed by atoms with E-state index in [2.05, 4.69) is 41.1 Å². The fourth-order valence-corrected chi connectivity index (χ4v) is 5.35. The zero-order chi connectivity index (χ0) is 21.3. The molecule has 2 aliphatic heterocycles. The molecule has 3 N–H and O–H groups in total. The smallest absolute Gasteiger partial charge is 0.227 e. The average Bonchev–Trinajstić information content (AvgIpc) is 3.13. The van der Waals surface area contributed by atoms with Gasteiger partial charge in [0.05, 0.1) is 16.5 Å². The van der Waals surface area contributed by atoms with Gasteiger partial charge in [-0.05, 0) is 30.2 Å². The molecular weight excluding hydrogens is 420 g/mol. The van der Waals surface area contributed by atoms with Gasteiger partial charge in [-0.2, -0.15) is 4.98 Å². The molecule has 1 unspecified atom stereocenters. The van der Waals surface area contributed by atoms with E-state index in [4.69, 9.17) is 27.3 Å². The number of nitrogens with zero attached hydrogens (tertiary/aromatic N) is 4. The second-order valence-corrected chi connectivity index (χ2v) is 10.1. The molecule has 3 heterocycles. The summed E-state index contributed by atoms with van der Waals surface area (Å²) < 4.78 is 12.6.